The molecule has 0 unspecified atom stereocenters. The summed E-state index contributed by atoms with van der Waals surface area (Å²) in [5.74, 6) is 0.260. The first-order valence-corrected chi connectivity index (χ1v) is 6.03. The molecular formula is C9H15N3O2S. The fourth-order valence-electron chi connectivity index (χ4n) is 1.71. The van der Waals surface area contributed by atoms with Crippen molar-refractivity contribution in [1.29, 1.82) is 0 Å². The van der Waals surface area contributed by atoms with Crippen LogP contribution in [0.3, 0.4) is 0 Å². The number of thioether (sulfide) groups is 1. The van der Waals surface area contributed by atoms with Crippen LogP contribution in [0.2, 0.25) is 0 Å². The largest absolute Gasteiger partial charge is 0.304 e. The molecule has 2 rings (SSSR count). The number of rotatable bonds is 2. The minimum atomic E-state index is -0.0982. The minimum Gasteiger partial charge on any atom is -0.304 e. The molecule has 2 saturated heterocycles. The van der Waals surface area contributed by atoms with E-state index in [0.29, 0.717) is 12.4 Å². The van der Waals surface area contributed by atoms with Gasteiger partial charge < -0.3 is 4.90 Å². The molecule has 0 aromatic heterocycles. The van der Waals surface area contributed by atoms with Crippen molar-refractivity contribution in [3.05, 3.63) is 0 Å². The predicted octanol–water partition coefficient (Wildman–Crippen LogP) is -0.113. The second kappa shape index (κ2) is 4.51. The van der Waals surface area contributed by atoms with Crippen molar-refractivity contribution in [3.8, 4) is 0 Å². The number of likely N-dealkylation sites (N-methyl/N-ethyl adjacent to an activating group) is 1. The van der Waals surface area contributed by atoms with Gasteiger partial charge in [0.05, 0.1) is 12.4 Å². The van der Waals surface area contributed by atoms with Crippen LogP contribution in [0.5, 0.6) is 0 Å². The average Bonchev–Trinajstić information content (AvgIpc) is 2.53. The van der Waals surface area contributed by atoms with Crippen molar-refractivity contribution in [2.45, 2.75) is 0 Å². The number of amides is 2. The van der Waals surface area contributed by atoms with Gasteiger partial charge in [-0.2, -0.15) is 0 Å². The van der Waals surface area contributed by atoms with Gasteiger partial charge >= 0.3 is 0 Å². The number of carbonyl (C=O) groups is 2. The number of piperazine rings is 1. The lowest BCUT2D eigenvalue weighted by molar-refractivity contribution is -0.126. The summed E-state index contributed by atoms with van der Waals surface area (Å²) in [5, 5.41) is -0.0982. The molecule has 2 aliphatic rings. The number of imide groups is 1. The fourth-order valence-corrected chi connectivity index (χ4v) is 2.43. The first kappa shape index (κ1) is 10.9. The predicted molar refractivity (Wildman–Crippen MR) is 58.6 cm³/mol. The summed E-state index contributed by atoms with van der Waals surface area (Å²) >= 11 is 1.10. The second-order valence-electron chi connectivity index (χ2n) is 3.94. The zero-order chi connectivity index (χ0) is 10.8. The van der Waals surface area contributed by atoms with Crippen LogP contribution in [0, 0.1) is 0 Å². The number of nitrogens with zero attached hydrogens (tertiary/aromatic N) is 3. The lowest BCUT2D eigenvalue weighted by Gasteiger charge is -2.33. The molecule has 0 saturated carbocycles. The molecule has 2 fully saturated rings. The molecule has 0 spiro atoms. The summed E-state index contributed by atoms with van der Waals surface area (Å²) in [6, 6.07) is 0. The van der Waals surface area contributed by atoms with Gasteiger partial charge in [0.25, 0.3) is 5.24 Å². The third kappa shape index (κ3) is 2.50. The monoisotopic (exact) mass is 229 g/mol. The molecule has 0 aromatic rings. The summed E-state index contributed by atoms with van der Waals surface area (Å²) in [4.78, 5) is 28.5. The molecule has 2 heterocycles. The van der Waals surface area contributed by atoms with Crippen LogP contribution in [0.25, 0.3) is 0 Å². The fraction of sp³-hybridized carbons (Fsp3) is 0.778. The average molecular weight is 229 g/mol. The second-order valence-corrected chi connectivity index (χ2v) is 4.87. The van der Waals surface area contributed by atoms with Crippen molar-refractivity contribution in [2.24, 2.45) is 0 Å². The SMILES string of the molecule is CN1CCN(CN2C(=O)CSC2=O)CC1. The standard InChI is InChI=1S/C9H15N3O2S/c1-10-2-4-11(5-3-10)7-12-8(13)6-15-9(12)14/h2-7H2,1H3. The van der Waals surface area contributed by atoms with E-state index in [1.165, 1.54) is 4.90 Å². The Morgan fingerprint density at radius 1 is 1.20 bits per heavy atom. The Hall–Kier alpha value is -0.590. The maximum atomic E-state index is 11.4. The highest BCUT2D eigenvalue weighted by molar-refractivity contribution is 8.14. The first-order valence-electron chi connectivity index (χ1n) is 5.05. The maximum absolute atomic E-state index is 11.4. The van der Waals surface area contributed by atoms with Gasteiger partial charge in [0.1, 0.15) is 0 Å². The molecule has 84 valence electrons. The number of carbonyl (C=O) groups excluding carboxylic acids is 2. The Bertz CT molecular complexity index is 261. The highest BCUT2D eigenvalue weighted by Crippen LogP contribution is 2.19. The third-order valence-electron chi connectivity index (χ3n) is 2.78. The van der Waals surface area contributed by atoms with Gasteiger partial charge in [0.15, 0.2) is 0 Å². The van der Waals surface area contributed by atoms with Gasteiger partial charge in [-0.05, 0) is 7.05 Å². The molecule has 5 nitrogen and oxygen atoms in total. The lowest BCUT2D eigenvalue weighted by atomic mass is 10.3. The van der Waals surface area contributed by atoms with E-state index < -0.39 is 0 Å². The van der Waals surface area contributed by atoms with E-state index in [0.717, 1.165) is 37.9 Å². The Morgan fingerprint density at radius 2 is 1.87 bits per heavy atom. The highest BCUT2D eigenvalue weighted by atomic mass is 32.2. The van der Waals surface area contributed by atoms with E-state index in [2.05, 4.69) is 16.8 Å². The zero-order valence-corrected chi connectivity index (χ0v) is 9.63. The summed E-state index contributed by atoms with van der Waals surface area (Å²) < 4.78 is 0. The van der Waals surface area contributed by atoms with E-state index in [4.69, 9.17) is 0 Å². The molecule has 0 aromatic carbocycles. The molecular weight excluding hydrogens is 214 g/mol. The molecule has 0 radical (unpaired) electrons. The van der Waals surface area contributed by atoms with E-state index in [9.17, 15) is 9.59 Å². The molecule has 6 heteroatoms. The van der Waals surface area contributed by atoms with E-state index >= 15 is 0 Å². The molecule has 0 aliphatic carbocycles. The maximum Gasteiger partial charge on any atom is 0.289 e. The van der Waals surface area contributed by atoms with Crippen molar-refractivity contribution in [3.63, 3.8) is 0 Å². The molecule has 0 atom stereocenters. The topological polar surface area (TPSA) is 43.9 Å². The molecule has 15 heavy (non-hydrogen) atoms. The van der Waals surface area contributed by atoms with Crippen LogP contribution in [0.15, 0.2) is 0 Å². The van der Waals surface area contributed by atoms with Crippen LogP contribution in [-0.4, -0.2) is 71.5 Å². The van der Waals surface area contributed by atoms with Crippen LogP contribution in [0.4, 0.5) is 4.79 Å². The third-order valence-corrected chi connectivity index (χ3v) is 3.64. The summed E-state index contributed by atoms with van der Waals surface area (Å²) in [6.07, 6.45) is 0. The quantitative estimate of drug-likeness (QED) is 0.661. The molecule has 2 aliphatic heterocycles. The van der Waals surface area contributed by atoms with Gasteiger partial charge in [-0.3, -0.25) is 19.4 Å². The Labute approximate surface area is 93.4 Å². The van der Waals surface area contributed by atoms with Gasteiger partial charge in [-0.1, -0.05) is 11.8 Å². The number of hydrogen-bond acceptors (Lipinski definition) is 5. The first-order chi connectivity index (χ1) is 7.16. The smallest absolute Gasteiger partial charge is 0.289 e. The highest BCUT2D eigenvalue weighted by Gasteiger charge is 2.31. The van der Waals surface area contributed by atoms with E-state index in [1.54, 1.807) is 0 Å². The van der Waals surface area contributed by atoms with Gasteiger partial charge in [0, 0.05) is 26.2 Å². The Balaban J connectivity index is 1.86. The zero-order valence-electron chi connectivity index (χ0n) is 8.81. The summed E-state index contributed by atoms with van der Waals surface area (Å²) in [5.41, 5.74) is 0. The van der Waals surface area contributed by atoms with Gasteiger partial charge in [0.2, 0.25) is 5.91 Å². The van der Waals surface area contributed by atoms with Crippen LogP contribution in [0.1, 0.15) is 0 Å². The molecule has 2 amide bonds. The van der Waals surface area contributed by atoms with Gasteiger partial charge in [-0.15, -0.1) is 0 Å². The van der Waals surface area contributed by atoms with Crippen LogP contribution >= 0.6 is 11.8 Å². The van der Waals surface area contributed by atoms with Crippen molar-refractivity contribution in [1.82, 2.24) is 14.7 Å². The Morgan fingerprint density at radius 3 is 2.40 bits per heavy atom. The van der Waals surface area contributed by atoms with E-state index in [-0.39, 0.29) is 11.1 Å². The van der Waals surface area contributed by atoms with Crippen LogP contribution < -0.4 is 0 Å². The summed E-state index contributed by atoms with van der Waals surface area (Å²) in [7, 11) is 2.08. The van der Waals surface area contributed by atoms with Crippen molar-refractivity contribution in [2.75, 3.05) is 45.6 Å². The van der Waals surface area contributed by atoms with Crippen molar-refractivity contribution < 1.29 is 9.59 Å². The summed E-state index contributed by atoms with van der Waals surface area (Å²) in [6.45, 7) is 4.34. The Kier molecular flexibility index (Phi) is 3.28. The van der Waals surface area contributed by atoms with E-state index in [1.807, 2.05) is 0 Å². The van der Waals surface area contributed by atoms with Crippen LogP contribution in [-0.2, 0) is 4.79 Å². The molecule has 0 bridgehead atoms. The van der Waals surface area contributed by atoms with Gasteiger partial charge in [-0.25, -0.2) is 0 Å². The lowest BCUT2D eigenvalue weighted by Crippen LogP contribution is -2.49. The molecule has 0 N–H and O–H groups in total. The normalized spacial score (nSPS) is 25.3. The van der Waals surface area contributed by atoms with Crippen molar-refractivity contribution >= 4 is 22.9 Å². The number of hydrogen-bond donors (Lipinski definition) is 0. The minimum absolute atomic E-state index is 0.0519.